The zero-order valence-corrected chi connectivity index (χ0v) is 15.5. The highest BCUT2D eigenvalue weighted by Crippen LogP contribution is 2.30. The quantitative estimate of drug-likeness (QED) is 0.708. The van der Waals surface area contributed by atoms with Crippen LogP contribution in [0.15, 0.2) is 55.1 Å². The van der Waals surface area contributed by atoms with Crippen molar-refractivity contribution >= 4 is 11.8 Å². The Kier molecular flexibility index (Phi) is 6.19. The predicted octanol–water partition coefficient (Wildman–Crippen LogP) is 3.50. The molecule has 4 nitrogen and oxygen atoms in total. The second-order valence-corrected chi connectivity index (χ2v) is 6.82. The number of rotatable bonds is 8. The molecule has 0 heterocycles. The van der Waals surface area contributed by atoms with Gasteiger partial charge < -0.3 is 10.2 Å². The molecule has 0 unspecified atom stereocenters. The maximum Gasteiger partial charge on any atom is 0.243 e. The third-order valence-corrected chi connectivity index (χ3v) is 4.80. The fourth-order valence-electron chi connectivity index (χ4n) is 3.08. The lowest BCUT2D eigenvalue weighted by Gasteiger charge is -2.24. The zero-order valence-electron chi connectivity index (χ0n) is 15.5. The van der Waals surface area contributed by atoms with Crippen LogP contribution in [-0.2, 0) is 29.1 Å². The molecule has 2 aromatic carbocycles. The summed E-state index contributed by atoms with van der Waals surface area (Å²) in [6.45, 7) is 3.60. The van der Waals surface area contributed by atoms with Gasteiger partial charge in [-0.2, -0.15) is 0 Å². The number of nitrogens with one attached hydrogen (secondary N) is 1. The normalized spacial score (nSPS) is 13.1. The highest BCUT2D eigenvalue weighted by Gasteiger charge is 2.33. The Hall–Kier alpha value is -3.02. The molecule has 0 bridgehead atoms. The Morgan fingerprint density at radius 3 is 2.32 bits per heavy atom. The molecule has 28 heavy (non-hydrogen) atoms. The van der Waals surface area contributed by atoms with E-state index in [9.17, 15) is 18.4 Å². The molecular formula is C22H22F2N2O2. The molecule has 146 valence electrons. The maximum absolute atomic E-state index is 14.0. The average molecular weight is 384 g/mol. The van der Waals surface area contributed by atoms with E-state index in [0.717, 1.165) is 24.0 Å². The van der Waals surface area contributed by atoms with Crippen molar-refractivity contribution in [2.24, 2.45) is 0 Å². The lowest BCUT2D eigenvalue weighted by Crippen LogP contribution is -2.34. The van der Waals surface area contributed by atoms with Gasteiger partial charge in [0.05, 0.1) is 13.0 Å². The van der Waals surface area contributed by atoms with Crippen LogP contribution in [0, 0.1) is 11.6 Å². The summed E-state index contributed by atoms with van der Waals surface area (Å²) in [5.74, 6) is -1.78. The second kappa shape index (κ2) is 8.78. The summed E-state index contributed by atoms with van der Waals surface area (Å²) in [4.78, 5) is 25.9. The van der Waals surface area contributed by atoms with E-state index >= 15 is 0 Å². The fourth-order valence-corrected chi connectivity index (χ4v) is 3.08. The van der Waals surface area contributed by atoms with Gasteiger partial charge in [0.1, 0.15) is 11.6 Å². The van der Waals surface area contributed by atoms with Crippen LogP contribution in [0.2, 0.25) is 0 Å². The van der Waals surface area contributed by atoms with E-state index in [0.29, 0.717) is 0 Å². The standard InChI is InChI=1S/C22H22F2N2O2/c1-2-21(27)25-13-16-7-4-3-6-15(16)12-22(28)26(17-10-11-17)14-18-19(23)8-5-9-20(18)24/h2-9,17H,1,10-14H2,(H,25,27). The molecule has 0 radical (unpaired) electrons. The first-order chi connectivity index (χ1) is 13.5. The minimum atomic E-state index is -0.647. The van der Waals surface area contributed by atoms with Gasteiger partial charge in [-0.1, -0.05) is 36.9 Å². The minimum absolute atomic E-state index is 0.0131. The molecule has 1 N–H and O–H groups in total. The lowest BCUT2D eigenvalue weighted by atomic mass is 10.0. The number of halogens is 2. The summed E-state index contributed by atoms with van der Waals surface area (Å²) in [5, 5.41) is 2.70. The van der Waals surface area contributed by atoms with E-state index < -0.39 is 11.6 Å². The molecule has 1 aliphatic carbocycles. The Morgan fingerprint density at radius 1 is 1.07 bits per heavy atom. The van der Waals surface area contributed by atoms with Gasteiger partial charge in [-0.15, -0.1) is 0 Å². The van der Waals surface area contributed by atoms with Crippen molar-refractivity contribution in [3.05, 3.63) is 83.4 Å². The topological polar surface area (TPSA) is 49.4 Å². The largest absolute Gasteiger partial charge is 0.348 e. The Morgan fingerprint density at radius 2 is 1.71 bits per heavy atom. The van der Waals surface area contributed by atoms with E-state index in [2.05, 4.69) is 11.9 Å². The number of amides is 2. The van der Waals surface area contributed by atoms with Crippen LogP contribution < -0.4 is 5.32 Å². The summed E-state index contributed by atoms with van der Waals surface area (Å²) < 4.78 is 28.1. The number of nitrogens with zero attached hydrogens (tertiary/aromatic N) is 1. The number of benzene rings is 2. The van der Waals surface area contributed by atoms with Crippen molar-refractivity contribution in [3.8, 4) is 0 Å². The molecular weight excluding hydrogens is 362 g/mol. The van der Waals surface area contributed by atoms with Crippen molar-refractivity contribution < 1.29 is 18.4 Å². The van der Waals surface area contributed by atoms with Crippen LogP contribution in [-0.4, -0.2) is 22.8 Å². The van der Waals surface area contributed by atoms with E-state index in [1.807, 2.05) is 24.3 Å². The van der Waals surface area contributed by atoms with Gasteiger partial charge in [-0.05, 0) is 42.2 Å². The SMILES string of the molecule is C=CC(=O)NCc1ccccc1CC(=O)N(Cc1c(F)cccc1F)C1CC1. The van der Waals surface area contributed by atoms with E-state index in [1.165, 1.54) is 24.3 Å². The smallest absolute Gasteiger partial charge is 0.243 e. The van der Waals surface area contributed by atoms with Gasteiger partial charge in [0.2, 0.25) is 11.8 Å². The molecule has 0 aliphatic heterocycles. The first-order valence-electron chi connectivity index (χ1n) is 9.19. The molecule has 0 atom stereocenters. The molecule has 0 aromatic heterocycles. The van der Waals surface area contributed by atoms with Crippen LogP contribution in [0.25, 0.3) is 0 Å². The van der Waals surface area contributed by atoms with Gasteiger partial charge in [0.15, 0.2) is 0 Å². The maximum atomic E-state index is 14.0. The Bertz CT molecular complexity index is 874. The van der Waals surface area contributed by atoms with Crippen LogP contribution in [0.3, 0.4) is 0 Å². The van der Waals surface area contributed by atoms with Crippen LogP contribution in [0.5, 0.6) is 0 Å². The number of hydrogen-bond donors (Lipinski definition) is 1. The Labute approximate surface area is 162 Å². The van der Waals surface area contributed by atoms with Gasteiger partial charge in [0.25, 0.3) is 0 Å². The molecule has 2 aromatic rings. The molecule has 2 amide bonds. The van der Waals surface area contributed by atoms with Crippen LogP contribution >= 0.6 is 0 Å². The summed E-state index contributed by atoms with van der Waals surface area (Å²) in [6, 6.07) is 11.0. The van der Waals surface area contributed by atoms with Gasteiger partial charge in [-0.25, -0.2) is 8.78 Å². The molecule has 6 heteroatoms. The van der Waals surface area contributed by atoms with Crippen molar-refractivity contribution in [2.45, 2.75) is 38.4 Å². The molecule has 1 aliphatic rings. The van der Waals surface area contributed by atoms with Crippen molar-refractivity contribution in [1.82, 2.24) is 10.2 Å². The van der Waals surface area contributed by atoms with Crippen molar-refractivity contribution in [3.63, 3.8) is 0 Å². The van der Waals surface area contributed by atoms with Crippen molar-refractivity contribution in [1.29, 1.82) is 0 Å². The average Bonchev–Trinajstić information content (AvgIpc) is 3.51. The molecule has 0 spiro atoms. The highest BCUT2D eigenvalue weighted by atomic mass is 19.1. The summed E-state index contributed by atoms with van der Waals surface area (Å²) in [6.07, 6.45) is 2.95. The molecule has 1 fully saturated rings. The second-order valence-electron chi connectivity index (χ2n) is 6.82. The monoisotopic (exact) mass is 384 g/mol. The zero-order chi connectivity index (χ0) is 20.1. The van der Waals surface area contributed by atoms with Crippen LogP contribution in [0.4, 0.5) is 8.78 Å². The van der Waals surface area contributed by atoms with Crippen LogP contribution in [0.1, 0.15) is 29.5 Å². The van der Waals surface area contributed by atoms with E-state index in [-0.39, 0.29) is 42.9 Å². The summed E-state index contributed by atoms with van der Waals surface area (Å²) in [7, 11) is 0. The lowest BCUT2D eigenvalue weighted by molar-refractivity contribution is -0.131. The van der Waals surface area contributed by atoms with Gasteiger partial charge in [-0.3, -0.25) is 9.59 Å². The van der Waals surface area contributed by atoms with E-state index in [1.54, 1.807) is 4.90 Å². The minimum Gasteiger partial charge on any atom is -0.348 e. The van der Waals surface area contributed by atoms with E-state index in [4.69, 9.17) is 0 Å². The fraction of sp³-hybridized carbons (Fsp3) is 0.273. The molecule has 1 saturated carbocycles. The summed E-state index contributed by atoms with van der Waals surface area (Å²) in [5.41, 5.74) is 1.50. The Balaban J connectivity index is 1.75. The third-order valence-electron chi connectivity index (χ3n) is 4.80. The predicted molar refractivity (Wildman–Crippen MR) is 102 cm³/mol. The first kappa shape index (κ1) is 19.7. The number of carbonyl (C=O) groups excluding carboxylic acids is 2. The third kappa shape index (κ3) is 4.82. The molecule has 3 rings (SSSR count). The number of carbonyl (C=O) groups is 2. The van der Waals surface area contributed by atoms with Gasteiger partial charge >= 0.3 is 0 Å². The molecule has 0 saturated heterocycles. The van der Waals surface area contributed by atoms with Crippen molar-refractivity contribution in [2.75, 3.05) is 0 Å². The highest BCUT2D eigenvalue weighted by molar-refractivity contribution is 5.86. The first-order valence-corrected chi connectivity index (χ1v) is 9.19. The summed E-state index contributed by atoms with van der Waals surface area (Å²) >= 11 is 0. The number of hydrogen-bond acceptors (Lipinski definition) is 2. The van der Waals surface area contributed by atoms with Gasteiger partial charge in [0, 0.05) is 18.2 Å².